The molecule has 0 bridgehead atoms. The zero-order valence-corrected chi connectivity index (χ0v) is 10.4. The minimum atomic E-state index is -4.43. The Morgan fingerprint density at radius 1 is 1.44 bits per heavy atom. The second-order valence-corrected chi connectivity index (χ2v) is 4.49. The standard InChI is InChI=1S/C7H8F3N2O3.Al.2H/c8-7(9,10)4-1-5(6(14)11-15)12(2-4)3-13;;;/h4-5,15H,1-2H2,(H,11,14);;;/t4-,5-;;;/m1.../s1. The Kier molecular flexibility index (Phi) is 3.83. The molecule has 2 N–H and O–H groups in total. The van der Waals surface area contributed by atoms with Crippen molar-refractivity contribution >= 4 is 27.0 Å². The third-order valence-corrected chi connectivity index (χ3v) is 3.16. The molecule has 1 aliphatic heterocycles. The summed E-state index contributed by atoms with van der Waals surface area (Å²) in [7, 11) is 0. The van der Waals surface area contributed by atoms with Gasteiger partial charge in [0.1, 0.15) is 10.8 Å². The second kappa shape index (κ2) is 4.61. The van der Waals surface area contributed by atoms with Crippen molar-refractivity contribution in [3.05, 3.63) is 0 Å². The highest BCUT2D eigenvalue weighted by atomic mass is 27.0. The van der Waals surface area contributed by atoms with Gasteiger partial charge in [-0.05, 0) is 6.42 Å². The maximum atomic E-state index is 12.4. The van der Waals surface area contributed by atoms with Gasteiger partial charge in [0.05, 0.1) is 5.92 Å². The van der Waals surface area contributed by atoms with Crippen molar-refractivity contribution in [2.24, 2.45) is 5.92 Å². The number of carbonyl (C=O) groups is 2. The quantitative estimate of drug-likeness (QED) is 0.376. The predicted molar refractivity (Wildman–Crippen MR) is 48.5 cm³/mol. The summed E-state index contributed by atoms with van der Waals surface area (Å²) in [5.41, 5.74) is 1.28. The number of carbonyl (C=O) groups excluding carboxylic acids is 2. The number of nitrogens with zero attached hydrogens (tertiary/aromatic N) is 1. The molecule has 1 rings (SSSR count). The summed E-state index contributed by atoms with van der Waals surface area (Å²) in [5, 5.41) is 8.38. The normalized spacial score (nSPS) is 25.6. The maximum absolute atomic E-state index is 12.4. The third kappa shape index (κ3) is 2.67. The molecule has 2 atom stereocenters. The Balaban J connectivity index is 2.84. The average molecular weight is 254 g/mol. The lowest BCUT2D eigenvalue weighted by atomic mass is 10.1. The van der Waals surface area contributed by atoms with Gasteiger partial charge in [-0.2, -0.15) is 13.2 Å². The zero-order valence-electron chi connectivity index (χ0n) is 8.41. The molecule has 9 heteroatoms. The fourth-order valence-electron chi connectivity index (χ4n) is 1.74. The minimum absolute atomic E-state index is 0.0341. The number of nitrogens with one attached hydrogen (secondary N) is 1. The van der Waals surface area contributed by atoms with Crippen molar-refractivity contribution in [3.8, 4) is 0 Å². The first kappa shape index (κ1) is 13.3. The Bertz CT molecular complexity index is 310. The van der Waals surface area contributed by atoms with Crippen LogP contribution in [0.2, 0.25) is 0 Å². The van der Waals surface area contributed by atoms with Gasteiger partial charge < -0.3 is 4.90 Å². The van der Waals surface area contributed by atoms with Crippen LogP contribution in [0.15, 0.2) is 0 Å². The molecule has 5 nitrogen and oxygen atoms in total. The van der Waals surface area contributed by atoms with E-state index in [4.69, 9.17) is 5.21 Å². The number of rotatable bonds is 1. The summed E-state index contributed by atoms with van der Waals surface area (Å²) in [6.45, 7) is -0.510. The van der Waals surface area contributed by atoms with E-state index in [0.717, 1.165) is 4.90 Å². The minimum Gasteiger partial charge on any atom is -0.347 e. The molecule has 0 radical (unpaired) electrons. The third-order valence-electron chi connectivity index (χ3n) is 2.58. The highest BCUT2D eigenvalue weighted by Crippen LogP contribution is 2.36. The fraction of sp³-hybridized carbons (Fsp3) is 0.714. The molecule has 0 aromatic heterocycles. The van der Waals surface area contributed by atoms with E-state index < -0.39 is 41.8 Å². The molecule has 1 fully saturated rings. The first-order valence-corrected chi connectivity index (χ1v) is 5.55. The highest BCUT2D eigenvalue weighted by Gasteiger charge is 2.49. The van der Waals surface area contributed by atoms with Gasteiger partial charge in [-0.15, -0.1) is 0 Å². The number of hydrogen-bond acceptors (Lipinski definition) is 3. The first-order valence-electron chi connectivity index (χ1n) is 4.55. The van der Waals surface area contributed by atoms with Crippen LogP contribution in [0.5, 0.6) is 0 Å². The van der Waals surface area contributed by atoms with E-state index in [1.807, 2.05) is 0 Å². The SMILES string of the molecule is O=C(NO)[C@H]1C[C@@H](C(F)(F)F)CN1[C](=O)[AlH2]. The summed E-state index contributed by atoms with van der Waals surface area (Å²) in [5.74, 6) is -2.68. The van der Waals surface area contributed by atoms with E-state index in [1.165, 1.54) is 5.48 Å². The lowest BCUT2D eigenvalue weighted by Gasteiger charge is -2.22. The van der Waals surface area contributed by atoms with Crippen molar-refractivity contribution < 1.29 is 28.0 Å². The molecule has 1 saturated heterocycles. The van der Waals surface area contributed by atoms with E-state index in [0.29, 0.717) is 0 Å². The molecule has 90 valence electrons. The second-order valence-electron chi connectivity index (χ2n) is 3.64. The van der Waals surface area contributed by atoms with Crippen molar-refractivity contribution in [1.29, 1.82) is 0 Å². The van der Waals surface area contributed by atoms with Gasteiger partial charge in [-0.3, -0.25) is 14.8 Å². The van der Waals surface area contributed by atoms with Gasteiger partial charge in [0.2, 0.25) is 0 Å². The molecule has 0 spiro atoms. The van der Waals surface area contributed by atoms with Crippen LogP contribution in [0.25, 0.3) is 0 Å². The first-order chi connectivity index (χ1) is 7.27. The van der Waals surface area contributed by atoms with Crippen LogP contribution in [0, 0.1) is 5.92 Å². The molecule has 16 heavy (non-hydrogen) atoms. The molecular formula is C7H10AlF3N2O3. The topological polar surface area (TPSA) is 69.6 Å². The molecule has 0 aromatic rings. The number of halogens is 3. The van der Waals surface area contributed by atoms with Gasteiger partial charge in [0, 0.05) is 6.54 Å². The Morgan fingerprint density at radius 2 is 2.00 bits per heavy atom. The summed E-state index contributed by atoms with van der Waals surface area (Å²) in [6.07, 6.45) is -4.93. The monoisotopic (exact) mass is 254 g/mol. The van der Waals surface area contributed by atoms with Crippen molar-refractivity contribution in [2.75, 3.05) is 6.54 Å². The van der Waals surface area contributed by atoms with Crippen molar-refractivity contribution in [3.63, 3.8) is 0 Å². The van der Waals surface area contributed by atoms with Crippen LogP contribution < -0.4 is 5.48 Å². The van der Waals surface area contributed by atoms with Gasteiger partial charge >= 0.3 is 22.5 Å². The van der Waals surface area contributed by atoms with Crippen LogP contribution in [0.1, 0.15) is 6.42 Å². The van der Waals surface area contributed by atoms with Gasteiger partial charge in [0.25, 0.3) is 5.91 Å². The van der Waals surface area contributed by atoms with Crippen molar-refractivity contribution in [2.45, 2.75) is 18.6 Å². The number of alkyl halides is 3. The van der Waals surface area contributed by atoms with Crippen LogP contribution in [-0.4, -0.2) is 55.8 Å². The number of hydrogen-bond donors (Lipinski definition) is 2. The molecule has 0 unspecified atom stereocenters. The molecule has 0 aromatic carbocycles. The summed E-state index contributed by atoms with van der Waals surface area (Å²) < 4.78 is 36.8. The Hall–Kier alpha value is -0.778. The van der Waals surface area contributed by atoms with Gasteiger partial charge in [-0.1, -0.05) is 0 Å². The van der Waals surface area contributed by atoms with Gasteiger partial charge in [-0.25, -0.2) is 5.48 Å². The predicted octanol–water partition coefficient (Wildman–Crippen LogP) is -0.502. The maximum Gasteiger partial charge on any atom is 0.393 e. The lowest BCUT2D eigenvalue weighted by Crippen LogP contribution is -2.44. The molecule has 0 aliphatic carbocycles. The van der Waals surface area contributed by atoms with Crippen LogP contribution in [0.3, 0.4) is 0 Å². The summed E-state index contributed by atoms with van der Waals surface area (Å²) in [6, 6.07) is -1.22. The van der Waals surface area contributed by atoms with E-state index in [2.05, 4.69) is 0 Å². The largest absolute Gasteiger partial charge is 0.393 e. The van der Waals surface area contributed by atoms with Gasteiger partial charge in [0.15, 0.2) is 0 Å². The van der Waals surface area contributed by atoms with Crippen LogP contribution >= 0.6 is 0 Å². The lowest BCUT2D eigenvalue weighted by molar-refractivity contribution is -0.170. The number of hydroxylamine groups is 1. The Labute approximate surface area is 97.0 Å². The van der Waals surface area contributed by atoms with Crippen LogP contribution in [0.4, 0.5) is 18.0 Å². The van der Waals surface area contributed by atoms with Crippen LogP contribution in [-0.2, 0) is 4.79 Å². The average Bonchev–Trinajstić information content (AvgIpc) is 2.60. The molecule has 0 saturated carbocycles. The van der Waals surface area contributed by atoms with E-state index in [9.17, 15) is 22.8 Å². The smallest absolute Gasteiger partial charge is 0.347 e. The molecule has 1 heterocycles. The number of likely N-dealkylation sites (tertiary alicyclic amines) is 1. The molecular weight excluding hydrogens is 244 g/mol. The van der Waals surface area contributed by atoms with E-state index in [-0.39, 0.29) is 16.3 Å². The van der Waals surface area contributed by atoms with E-state index >= 15 is 0 Å². The fourth-order valence-corrected chi connectivity index (χ4v) is 2.24. The Morgan fingerprint density at radius 3 is 2.38 bits per heavy atom. The zero-order chi connectivity index (χ0) is 12.5. The number of amides is 2. The highest BCUT2D eigenvalue weighted by molar-refractivity contribution is 6.57. The molecule has 2 amide bonds. The summed E-state index contributed by atoms with van der Waals surface area (Å²) in [4.78, 5) is 23.1. The van der Waals surface area contributed by atoms with E-state index in [1.54, 1.807) is 0 Å². The molecule has 1 aliphatic rings. The summed E-state index contributed by atoms with van der Waals surface area (Å²) >= 11 is 0.0341. The van der Waals surface area contributed by atoms with Crippen molar-refractivity contribution in [1.82, 2.24) is 10.4 Å².